The number of H-pyrrole nitrogens is 1. The maximum Gasteiger partial charge on any atom is 0.417 e. The minimum atomic E-state index is -4.46. The number of hydrogen-bond acceptors (Lipinski definition) is 3. The van der Waals surface area contributed by atoms with Gasteiger partial charge in [-0.05, 0) is 36.4 Å². The lowest BCUT2D eigenvalue weighted by molar-refractivity contribution is -0.137. The quantitative estimate of drug-likeness (QED) is 0.759. The number of carbonyl (C=O) groups is 1. The molecule has 1 heterocycles. The van der Waals surface area contributed by atoms with Crippen LogP contribution in [-0.4, -0.2) is 10.9 Å². The normalized spacial score (nSPS) is 11.6. The number of carbonyl (C=O) groups excluding carboxylic acids is 1. The lowest BCUT2D eigenvalue weighted by atomic mass is 10.1. The third-order valence-corrected chi connectivity index (χ3v) is 3.18. The summed E-state index contributed by atoms with van der Waals surface area (Å²) in [5.41, 5.74) is 0.0763. The molecule has 0 unspecified atom stereocenters. The zero-order valence-corrected chi connectivity index (χ0v) is 11.4. The van der Waals surface area contributed by atoms with Crippen LogP contribution in [0.15, 0.2) is 51.7 Å². The van der Waals surface area contributed by atoms with Crippen molar-refractivity contribution >= 4 is 22.7 Å². The molecule has 3 rings (SSSR count). The zero-order chi connectivity index (χ0) is 16.6. The second kappa shape index (κ2) is 5.31. The van der Waals surface area contributed by atoms with Crippen molar-refractivity contribution < 1.29 is 22.4 Å². The molecule has 118 valence electrons. The van der Waals surface area contributed by atoms with Crippen LogP contribution in [0.4, 0.5) is 18.9 Å². The molecule has 2 N–H and O–H groups in total. The van der Waals surface area contributed by atoms with E-state index in [0.717, 1.165) is 24.3 Å². The lowest BCUT2D eigenvalue weighted by Crippen LogP contribution is -2.13. The highest BCUT2D eigenvalue weighted by Gasteiger charge is 2.30. The molecule has 0 aliphatic carbocycles. The van der Waals surface area contributed by atoms with Crippen LogP contribution < -0.4 is 11.1 Å². The van der Waals surface area contributed by atoms with E-state index >= 15 is 0 Å². The SMILES string of the molecule is O=C(Nc1cccc2oc(=O)[nH]c12)c1ccc(C(F)(F)F)cc1. The second-order valence-corrected chi connectivity index (χ2v) is 4.72. The number of anilines is 1. The van der Waals surface area contributed by atoms with Crippen LogP contribution in [0, 0.1) is 0 Å². The zero-order valence-electron chi connectivity index (χ0n) is 11.4. The highest BCUT2D eigenvalue weighted by Crippen LogP contribution is 2.29. The van der Waals surface area contributed by atoms with Crippen LogP contribution in [-0.2, 0) is 6.18 Å². The second-order valence-electron chi connectivity index (χ2n) is 4.72. The largest absolute Gasteiger partial charge is 0.417 e. The van der Waals surface area contributed by atoms with E-state index in [1.165, 1.54) is 6.07 Å². The monoisotopic (exact) mass is 322 g/mol. The smallest absolute Gasteiger partial charge is 0.408 e. The summed E-state index contributed by atoms with van der Waals surface area (Å²) in [7, 11) is 0. The van der Waals surface area contributed by atoms with Gasteiger partial charge in [-0.2, -0.15) is 13.2 Å². The van der Waals surface area contributed by atoms with Crippen molar-refractivity contribution in [1.29, 1.82) is 0 Å². The molecule has 0 aliphatic heterocycles. The minimum absolute atomic E-state index is 0.0563. The van der Waals surface area contributed by atoms with Crippen molar-refractivity contribution in [2.45, 2.75) is 6.18 Å². The van der Waals surface area contributed by atoms with E-state index < -0.39 is 23.4 Å². The number of aromatic amines is 1. The van der Waals surface area contributed by atoms with Gasteiger partial charge in [0.25, 0.3) is 5.91 Å². The highest BCUT2D eigenvalue weighted by atomic mass is 19.4. The summed E-state index contributed by atoms with van der Waals surface area (Å²) in [5, 5.41) is 2.52. The van der Waals surface area contributed by atoms with Gasteiger partial charge in [-0.25, -0.2) is 4.79 Å². The first-order valence-corrected chi connectivity index (χ1v) is 6.45. The molecule has 1 amide bonds. The third-order valence-electron chi connectivity index (χ3n) is 3.18. The number of hydrogen-bond donors (Lipinski definition) is 2. The Morgan fingerprint density at radius 2 is 1.78 bits per heavy atom. The van der Waals surface area contributed by atoms with Gasteiger partial charge in [0.15, 0.2) is 5.58 Å². The van der Waals surface area contributed by atoms with Gasteiger partial charge in [0.05, 0.1) is 11.3 Å². The van der Waals surface area contributed by atoms with Gasteiger partial charge in [-0.1, -0.05) is 6.07 Å². The molecule has 1 aromatic heterocycles. The van der Waals surface area contributed by atoms with Gasteiger partial charge in [-0.15, -0.1) is 0 Å². The Balaban J connectivity index is 1.87. The van der Waals surface area contributed by atoms with E-state index in [2.05, 4.69) is 10.3 Å². The molecule has 0 saturated heterocycles. The summed E-state index contributed by atoms with van der Waals surface area (Å²) in [5.74, 6) is -1.27. The summed E-state index contributed by atoms with van der Waals surface area (Å²) >= 11 is 0. The first kappa shape index (κ1) is 14.9. The molecule has 0 radical (unpaired) electrons. The average molecular weight is 322 g/mol. The molecular weight excluding hydrogens is 313 g/mol. The Morgan fingerprint density at radius 1 is 1.09 bits per heavy atom. The number of benzene rings is 2. The van der Waals surface area contributed by atoms with Gasteiger partial charge in [-0.3, -0.25) is 9.78 Å². The van der Waals surface area contributed by atoms with Crippen LogP contribution in [0.25, 0.3) is 11.1 Å². The van der Waals surface area contributed by atoms with Crippen molar-refractivity contribution in [1.82, 2.24) is 4.98 Å². The fourth-order valence-corrected chi connectivity index (χ4v) is 2.08. The summed E-state index contributed by atoms with van der Waals surface area (Å²) in [6, 6.07) is 8.47. The Kier molecular flexibility index (Phi) is 3.44. The molecule has 0 atom stereocenters. The molecule has 0 aliphatic rings. The maximum atomic E-state index is 12.5. The van der Waals surface area contributed by atoms with Crippen molar-refractivity contribution in [3.05, 3.63) is 64.1 Å². The standard InChI is InChI=1S/C15H9F3N2O3/c16-15(17,18)9-6-4-8(5-7-9)13(21)19-10-2-1-3-11-12(10)20-14(22)23-11/h1-7H,(H,19,21)(H,20,22). The molecule has 0 fully saturated rings. The molecule has 2 aromatic carbocycles. The predicted octanol–water partition coefficient (Wildman–Crippen LogP) is 3.39. The first-order chi connectivity index (χ1) is 10.8. The summed E-state index contributed by atoms with van der Waals surface area (Å²) < 4.78 is 42.4. The Morgan fingerprint density at radius 3 is 2.43 bits per heavy atom. The summed E-state index contributed by atoms with van der Waals surface area (Å²) in [4.78, 5) is 25.7. The molecule has 0 saturated carbocycles. The molecule has 3 aromatic rings. The van der Waals surface area contributed by atoms with Crippen LogP contribution in [0.1, 0.15) is 15.9 Å². The fraction of sp³-hybridized carbons (Fsp3) is 0.0667. The van der Waals surface area contributed by atoms with E-state index in [-0.39, 0.29) is 11.1 Å². The van der Waals surface area contributed by atoms with Crippen molar-refractivity contribution in [2.24, 2.45) is 0 Å². The van der Waals surface area contributed by atoms with Crippen molar-refractivity contribution in [3.63, 3.8) is 0 Å². The number of aromatic nitrogens is 1. The average Bonchev–Trinajstić information content (AvgIpc) is 2.88. The Bertz CT molecular complexity index is 924. The number of nitrogens with one attached hydrogen (secondary N) is 2. The summed E-state index contributed by atoms with van der Waals surface area (Å²) in [6.45, 7) is 0. The lowest BCUT2D eigenvalue weighted by Gasteiger charge is -2.08. The van der Waals surface area contributed by atoms with Gasteiger partial charge < -0.3 is 9.73 Å². The number of fused-ring (bicyclic) bond motifs is 1. The van der Waals surface area contributed by atoms with Gasteiger partial charge >= 0.3 is 11.9 Å². The van der Waals surface area contributed by atoms with E-state index in [4.69, 9.17) is 4.42 Å². The minimum Gasteiger partial charge on any atom is -0.408 e. The van der Waals surface area contributed by atoms with Crippen LogP contribution in [0.5, 0.6) is 0 Å². The van der Waals surface area contributed by atoms with Gasteiger partial charge in [0.2, 0.25) is 0 Å². The van der Waals surface area contributed by atoms with E-state index in [1.54, 1.807) is 12.1 Å². The summed E-state index contributed by atoms with van der Waals surface area (Å²) in [6.07, 6.45) is -4.46. The van der Waals surface area contributed by atoms with Crippen LogP contribution >= 0.6 is 0 Å². The first-order valence-electron chi connectivity index (χ1n) is 6.45. The Hall–Kier alpha value is -3.03. The highest BCUT2D eigenvalue weighted by molar-refractivity contribution is 6.07. The van der Waals surface area contributed by atoms with E-state index in [9.17, 15) is 22.8 Å². The van der Waals surface area contributed by atoms with E-state index in [0.29, 0.717) is 11.2 Å². The molecular formula is C15H9F3N2O3. The number of oxazole rings is 1. The third kappa shape index (κ3) is 2.96. The topological polar surface area (TPSA) is 75.1 Å². The van der Waals surface area contributed by atoms with Crippen molar-refractivity contribution in [2.75, 3.05) is 5.32 Å². The molecule has 0 spiro atoms. The number of para-hydroxylation sites is 1. The van der Waals surface area contributed by atoms with Gasteiger partial charge in [0, 0.05) is 5.56 Å². The number of amides is 1. The maximum absolute atomic E-state index is 12.5. The number of alkyl halides is 3. The molecule has 5 nitrogen and oxygen atoms in total. The Labute approximate surface area is 126 Å². The predicted molar refractivity (Wildman–Crippen MR) is 76.2 cm³/mol. The molecule has 23 heavy (non-hydrogen) atoms. The van der Waals surface area contributed by atoms with Crippen LogP contribution in [0.3, 0.4) is 0 Å². The van der Waals surface area contributed by atoms with Gasteiger partial charge in [0.1, 0.15) is 5.52 Å². The number of rotatable bonds is 2. The molecule has 0 bridgehead atoms. The fourth-order valence-electron chi connectivity index (χ4n) is 2.08. The number of halogens is 3. The van der Waals surface area contributed by atoms with E-state index in [1.807, 2.05) is 0 Å². The van der Waals surface area contributed by atoms with Crippen LogP contribution in [0.2, 0.25) is 0 Å². The van der Waals surface area contributed by atoms with Crippen molar-refractivity contribution in [3.8, 4) is 0 Å². The molecule has 8 heteroatoms.